The Morgan fingerprint density at radius 1 is 1.05 bits per heavy atom. The molecular weight excluding hydrogens is 564 g/mol. The zero-order valence-corrected chi connectivity index (χ0v) is 24.3. The molecule has 0 N–H and O–H groups in total. The van der Waals surface area contributed by atoms with Crippen LogP contribution < -0.4 is 9.64 Å². The third-order valence-electron chi connectivity index (χ3n) is 7.49. The van der Waals surface area contributed by atoms with Crippen LogP contribution in [0, 0.1) is 37.8 Å². The molecule has 0 atom stereocenters. The van der Waals surface area contributed by atoms with E-state index in [1.165, 1.54) is 25.4 Å². The number of rotatable bonds is 5. The molecule has 6 rings (SSSR count). The number of aryl methyl sites for hydroxylation is 2. The second-order valence-corrected chi connectivity index (χ2v) is 10.3. The quantitative estimate of drug-likeness (QED) is 0.211. The highest BCUT2D eigenvalue weighted by Gasteiger charge is 2.26. The van der Waals surface area contributed by atoms with Crippen LogP contribution in [-0.2, 0) is 4.79 Å². The number of ether oxygens (including phenoxy) is 1. The Labute approximate surface area is 252 Å². The van der Waals surface area contributed by atoms with Crippen molar-refractivity contribution >= 4 is 39.5 Å². The summed E-state index contributed by atoms with van der Waals surface area (Å²) in [4.78, 5) is 38.5. The van der Waals surface area contributed by atoms with Crippen LogP contribution in [0.25, 0.3) is 39.0 Å². The van der Waals surface area contributed by atoms with E-state index in [-0.39, 0.29) is 28.7 Å². The standard InChI is InChI=1S/C33H27F2N7O2/c1-5-23-26(34)11-9-21-7-6-8-24(28(21)23)30-29(35)31-25(18-36-30)32(40-33(39-31)44-4)42-15-13-41(14-16-42)27(43)12-10-22-17-19(2)37-20(3)38-22/h1,6-12,17-18H,13-16H2,2-4H3/b12-10+. The maximum atomic E-state index is 16.3. The fourth-order valence-corrected chi connectivity index (χ4v) is 5.47. The average molecular weight is 592 g/mol. The number of pyridine rings is 1. The van der Waals surface area contributed by atoms with Crippen LogP contribution >= 0.6 is 0 Å². The molecule has 1 aliphatic heterocycles. The number of carbonyl (C=O) groups is 1. The number of carbonyl (C=O) groups excluding carboxylic acids is 1. The van der Waals surface area contributed by atoms with Crippen molar-refractivity contribution < 1.29 is 18.3 Å². The van der Waals surface area contributed by atoms with Gasteiger partial charge in [-0.1, -0.05) is 30.2 Å². The number of hydrogen-bond acceptors (Lipinski definition) is 8. The van der Waals surface area contributed by atoms with Gasteiger partial charge >= 0.3 is 6.01 Å². The van der Waals surface area contributed by atoms with Gasteiger partial charge in [-0.05, 0) is 37.4 Å². The zero-order chi connectivity index (χ0) is 31.0. The summed E-state index contributed by atoms with van der Waals surface area (Å²) in [5.41, 5.74) is 1.86. The van der Waals surface area contributed by atoms with E-state index in [1.54, 1.807) is 42.2 Å². The second kappa shape index (κ2) is 11.6. The fourth-order valence-electron chi connectivity index (χ4n) is 5.47. The van der Waals surface area contributed by atoms with Crippen molar-refractivity contribution in [1.82, 2.24) is 29.8 Å². The first-order valence-electron chi connectivity index (χ1n) is 13.9. The Hall–Kier alpha value is -5.50. The monoisotopic (exact) mass is 591 g/mol. The highest BCUT2D eigenvalue weighted by atomic mass is 19.1. The van der Waals surface area contributed by atoms with Crippen molar-refractivity contribution in [3.05, 3.63) is 83.1 Å². The molecule has 0 spiro atoms. The largest absolute Gasteiger partial charge is 0.467 e. The summed E-state index contributed by atoms with van der Waals surface area (Å²) in [5.74, 6) is 2.04. The number of benzene rings is 2. The van der Waals surface area contributed by atoms with Crippen molar-refractivity contribution in [3.63, 3.8) is 0 Å². The average Bonchev–Trinajstić information content (AvgIpc) is 3.03. The Morgan fingerprint density at radius 3 is 2.57 bits per heavy atom. The maximum absolute atomic E-state index is 16.3. The fraction of sp³-hybridized carbons (Fsp3) is 0.212. The summed E-state index contributed by atoms with van der Waals surface area (Å²) in [6.07, 6.45) is 10.3. The number of aromatic nitrogens is 5. The third kappa shape index (κ3) is 5.26. The van der Waals surface area contributed by atoms with Crippen molar-refractivity contribution in [2.75, 3.05) is 38.2 Å². The molecular formula is C33H27F2N7O2. The molecule has 0 radical (unpaired) electrons. The number of nitrogens with zero attached hydrogens (tertiary/aromatic N) is 7. The van der Waals surface area contributed by atoms with Gasteiger partial charge in [0.1, 0.15) is 28.7 Å². The van der Waals surface area contributed by atoms with E-state index >= 15 is 4.39 Å². The lowest BCUT2D eigenvalue weighted by molar-refractivity contribution is -0.126. The number of fused-ring (bicyclic) bond motifs is 2. The van der Waals surface area contributed by atoms with Gasteiger partial charge in [-0.25, -0.2) is 18.7 Å². The van der Waals surface area contributed by atoms with Gasteiger partial charge < -0.3 is 14.5 Å². The maximum Gasteiger partial charge on any atom is 0.318 e. The Morgan fingerprint density at radius 2 is 1.84 bits per heavy atom. The molecule has 1 amide bonds. The van der Waals surface area contributed by atoms with E-state index in [9.17, 15) is 9.18 Å². The topological polar surface area (TPSA) is 97.2 Å². The molecule has 2 aromatic carbocycles. The highest BCUT2D eigenvalue weighted by Crippen LogP contribution is 2.36. The van der Waals surface area contributed by atoms with Crippen molar-refractivity contribution in [3.8, 4) is 29.6 Å². The van der Waals surface area contributed by atoms with Gasteiger partial charge in [0.15, 0.2) is 5.82 Å². The summed E-state index contributed by atoms with van der Waals surface area (Å²) in [5, 5.41) is 1.43. The van der Waals surface area contributed by atoms with Gasteiger partial charge in [0.05, 0.1) is 23.8 Å². The first kappa shape index (κ1) is 28.6. The van der Waals surface area contributed by atoms with Gasteiger partial charge in [0, 0.05) is 55.1 Å². The molecule has 44 heavy (non-hydrogen) atoms. The van der Waals surface area contributed by atoms with Crippen LogP contribution in [0.15, 0.2) is 48.7 Å². The molecule has 220 valence electrons. The highest BCUT2D eigenvalue weighted by molar-refractivity contribution is 6.02. The molecule has 0 bridgehead atoms. The van der Waals surface area contributed by atoms with E-state index in [0.717, 1.165) is 5.69 Å². The van der Waals surface area contributed by atoms with E-state index in [1.807, 2.05) is 17.9 Å². The number of amides is 1. The molecule has 0 saturated carbocycles. The molecule has 9 nitrogen and oxygen atoms in total. The lowest BCUT2D eigenvalue weighted by Gasteiger charge is -2.35. The predicted molar refractivity (Wildman–Crippen MR) is 164 cm³/mol. The Bertz CT molecular complexity index is 1990. The van der Waals surface area contributed by atoms with E-state index in [2.05, 4.69) is 30.8 Å². The van der Waals surface area contributed by atoms with Gasteiger partial charge in [-0.2, -0.15) is 9.97 Å². The van der Waals surface area contributed by atoms with Gasteiger partial charge in [-0.3, -0.25) is 9.78 Å². The van der Waals surface area contributed by atoms with Gasteiger partial charge in [0.25, 0.3) is 0 Å². The van der Waals surface area contributed by atoms with Crippen molar-refractivity contribution in [1.29, 1.82) is 0 Å². The van der Waals surface area contributed by atoms with Crippen LogP contribution in [0.1, 0.15) is 22.8 Å². The Balaban J connectivity index is 1.31. The molecule has 1 fully saturated rings. The number of methoxy groups -OCH3 is 1. The summed E-state index contributed by atoms with van der Waals surface area (Å²) in [7, 11) is 1.40. The number of terminal acetylenes is 1. The summed E-state index contributed by atoms with van der Waals surface area (Å²) < 4.78 is 36.2. The number of hydrogen-bond donors (Lipinski definition) is 0. The van der Waals surface area contributed by atoms with Crippen LogP contribution in [-0.4, -0.2) is 69.0 Å². The summed E-state index contributed by atoms with van der Waals surface area (Å²) in [6, 6.07) is 9.84. The number of anilines is 1. The van der Waals surface area contributed by atoms with Crippen LogP contribution in [0.4, 0.5) is 14.6 Å². The van der Waals surface area contributed by atoms with E-state index in [0.29, 0.717) is 65.2 Å². The molecule has 1 aliphatic rings. The minimum Gasteiger partial charge on any atom is -0.467 e. The number of piperazine rings is 1. The lowest BCUT2D eigenvalue weighted by atomic mass is 9.96. The van der Waals surface area contributed by atoms with E-state index in [4.69, 9.17) is 11.2 Å². The second-order valence-electron chi connectivity index (χ2n) is 10.3. The SMILES string of the molecule is C#Cc1c(F)ccc2cccc(-c3ncc4c(N5CCN(C(=O)/C=C/c6cc(C)nc(C)n6)CC5)nc(OC)nc4c3F)c12. The predicted octanol–water partition coefficient (Wildman–Crippen LogP) is 4.88. The minimum atomic E-state index is -0.710. The molecule has 3 aromatic heterocycles. The normalized spacial score (nSPS) is 13.5. The molecule has 1 saturated heterocycles. The minimum absolute atomic E-state index is 0.00407. The van der Waals surface area contributed by atoms with Crippen molar-refractivity contribution in [2.45, 2.75) is 13.8 Å². The van der Waals surface area contributed by atoms with E-state index < -0.39 is 11.6 Å². The number of halogens is 2. The lowest BCUT2D eigenvalue weighted by Crippen LogP contribution is -2.48. The van der Waals surface area contributed by atoms with Crippen LogP contribution in [0.3, 0.4) is 0 Å². The van der Waals surface area contributed by atoms with Crippen LogP contribution in [0.2, 0.25) is 0 Å². The summed E-state index contributed by atoms with van der Waals surface area (Å²) >= 11 is 0. The molecule has 4 heterocycles. The van der Waals surface area contributed by atoms with Crippen molar-refractivity contribution in [2.24, 2.45) is 0 Å². The molecule has 0 aliphatic carbocycles. The van der Waals surface area contributed by atoms with Gasteiger partial charge in [0.2, 0.25) is 5.91 Å². The Kier molecular flexibility index (Phi) is 7.57. The van der Waals surface area contributed by atoms with Crippen LogP contribution in [0.5, 0.6) is 6.01 Å². The first-order chi connectivity index (χ1) is 21.3. The third-order valence-corrected chi connectivity index (χ3v) is 7.49. The molecule has 11 heteroatoms. The molecule has 0 unspecified atom stereocenters. The summed E-state index contributed by atoms with van der Waals surface area (Å²) in [6.45, 7) is 5.41. The molecule has 5 aromatic rings. The first-order valence-corrected chi connectivity index (χ1v) is 13.9. The smallest absolute Gasteiger partial charge is 0.318 e. The van der Waals surface area contributed by atoms with Gasteiger partial charge in [-0.15, -0.1) is 6.42 Å². The zero-order valence-electron chi connectivity index (χ0n) is 24.3.